The average Bonchev–Trinajstić information content (AvgIpc) is 2.17. The Morgan fingerprint density at radius 1 is 1.19 bits per heavy atom. The summed E-state index contributed by atoms with van der Waals surface area (Å²) in [6.07, 6.45) is -7.07. The van der Waals surface area contributed by atoms with Crippen LogP contribution in [0.4, 0.5) is 13.2 Å². The molecule has 0 N–H and O–H groups in total. The number of hydrogen-bond acceptors (Lipinski definition) is 3. The van der Waals surface area contributed by atoms with Crippen LogP contribution in [0, 0.1) is 0 Å². The highest BCUT2D eigenvalue weighted by Gasteiger charge is 2.40. The Morgan fingerprint density at radius 2 is 1.69 bits per heavy atom. The van der Waals surface area contributed by atoms with Gasteiger partial charge in [0.05, 0.1) is 4.90 Å². The number of rotatable bonds is 3. The summed E-state index contributed by atoms with van der Waals surface area (Å²) in [6.45, 7) is 0.639. The van der Waals surface area contributed by atoms with E-state index in [0.717, 1.165) is 0 Å². The molecule has 0 saturated heterocycles. The minimum absolute atomic E-state index is 0.300. The van der Waals surface area contributed by atoms with Crippen molar-refractivity contribution < 1.29 is 25.8 Å². The van der Waals surface area contributed by atoms with E-state index in [1.807, 2.05) is 0 Å². The summed E-state index contributed by atoms with van der Waals surface area (Å²) in [4.78, 5) is -0.300. The first-order valence-corrected chi connectivity index (χ1v) is 5.69. The topological polar surface area (TPSA) is 43.4 Å². The summed E-state index contributed by atoms with van der Waals surface area (Å²) in [5.74, 6) is 0. The van der Waals surface area contributed by atoms with Crippen LogP contribution >= 0.6 is 0 Å². The van der Waals surface area contributed by atoms with E-state index in [1.54, 1.807) is 6.07 Å². The van der Waals surface area contributed by atoms with E-state index >= 15 is 0 Å². The predicted octanol–water partition coefficient (Wildman–Crippen LogP) is 2.34. The van der Waals surface area contributed by atoms with Crippen molar-refractivity contribution in [3.63, 3.8) is 0 Å². The zero-order chi connectivity index (χ0) is 12.4. The van der Waals surface area contributed by atoms with Gasteiger partial charge < -0.3 is 0 Å². The Morgan fingerprint density at radius 3 is 2.12 bits per heavy atom. The van der Waals surface area contributed by atoms with E-state index < -0.39 is 22.4 Å². The maximum absolute atomic E-state index is 12.1. The molecule has 0 aliphatic heterocycles. The van der Waals surface area contributed by atoms with Gasteiger partial charge in [-0.3, -0.25) is 4.18 Å². The highest BCUT2D eigenvalue weighted by Crippen LogP contribution is 2.25. The van der Waals surface area contributed by atoms with E-state index in [2.05, 4.69) is 4.18 Å². The van der Waals surface area contributed by atoms with Crippen molar-refractivity contribution in [2.45, 2.75) is 24.1 Å². The van der Waals surface area contributed by atoms with Gasteiger partial charge in [-0.25, -0.2) is 0 Å². The maximum atomic E-state index is 12.1. The molecular weight excluding hydrogens is 245 g/mol. The Bertz CT molecular complexity index is 439. The minimum atomic E-state index is -4.71. The molecular formula is C9H9F3O3S. The lowest BCUT2D eigenvalue weighted by molar-refractivity contribution is -0.188. The maximum Gasteiger partial charge on any atom is 0.415 e. The summed E-state index contributed by atoms with van der Waals surface area (Å²) < 4.78 is 63.1. The smallest absolute Gasteiger partial charge is 0.254 e. The molecule has 3 nitrogen and oxygen atoms in total. The average molecular weight is 254 g/mol. The molecule has 1 rings (SSSR count). The molecule has 0 heterocycles. The van der Waals surface area contributed by atoms with Crippen molar-refractivity contribution in [2.24, 2.45) is 0 Å². The molecule has 0 spiro atoms. The van der Waals surface area contributed by atoms with Gasteiger partial charge in [0.25, 0.3) is 10.1 Å². The molecule has 7 heteroatoms. The first-order valence-electron chi connectivity index (χ1n) is 4.28. The van der Waals surface area contributed by atoms with Gasteiger partial charge in [-0.05, 0) is 19.1 Å². The van der Waals surface area contributed by atoms with Crippen molar-refractivity contribution in [3.8, 4) is 0 Å². The molecule has 0 amide bonds. The highest BCUT2D eigenvalue weighted by atomic mass is 32.2. The quantitative estimate of drug-likeness (QED) is 0.777. The van der Waals surface area contributed by atoms with Crippen molar-refractivity contribution >= 4 is 10.1 Å². The first-order chi connectivity index (χ1) is 7.23. The molecule has 1 aromatic rings. The largest absolute Gasteiger partial charge is 0.415 e. The molecule has 0 bridgehead atoms. The van der Waals surface area contributed by atoms with Crippen molar-refractivity contribution in [1.29, 1.82) is 0 Å². The summed E-state index contributed by atoms with van der Waals surface area (Å²) in [6, 6.07) is 6.67. The summed E-state index contributed by atoms with van der Waals surface area (Å²) in [7, 11) is -4.36. The second kappa shape index (κ2) is 4.42. The van der Waals surface area contributed by atoms with Crippen molar-refractivity contribution in [3.05, 3.63) is 30.3 Å². The zero-order valence-corrected chi connectivity index (χ0v) is 9.05. The second-order valence-electron chi connectivity index (χ2n) is 3.05. The SMILES string of the molecule is CC(OS(=O)(=O)c1ccccc1)C(F)(F)F. The fourth-order valence-electron chi connectivity index (χ4n) is 0.887. The van der Waals surface area contributed by atoms with E-state index in [9.17, 15) is 21.6 Å². The molecule has 0 saturated carbocycles. The molecule has 1 atom stereocenters. The third-order valence-corrected chi connectivity index (χ3v) is 3.16. The van der Waals surface area contributed by atoms with Crippen LogP contribution in [0.25, 0.3) is 0 Å². The Kier molecular flexibility index (Phi) is 3.59. The molecule has 0 aliphatic carbocycles. The minimum Gasteiger partial charge on any atom is -0.254 e. The third kappa shape index (κ3) is 3.21. The lowest BCUT2D eigenvalue weighted by Crippen LogP contribution is -2.30. The zero-order valence-electron chi connectivity index (χ0n) is 8.23. The second-order valence-corrected chi connectivity index (χ2v) is 4.62. The molecule has 0 aliphatic rings. The fourth-order valence-corrected chi connectivity index (χ4v) is 1.98. The van der Waals surface area contributed by atoms with Crippen LogP contribution in [-0.4, -0.2) is 20.7 Å². The number of alkyl halides is 3. The molecule has 0 aromatic heterocycles. The summed E-state index contributed by atoms with van der Waals surface area (Å²) in [5.41, 5.74) is 0. The van der Waals surface area contributed by atoms with E-state index in [-0.39, 0.29) is 4.90 Å². The van der Waals surface area contributed by atoms with Gasteiger partial charge in [0.1, 0.15) is 0 Å². The van der Waals surface area contributed by atoms with Gasteiger partial charge in [-0.1, -0.05) is 18.2 Å². The standard InChI is InChI=1S/C9H9F3O3S/c1-7(9(10,11)12)15-16(13,14)8-5-3-2-4-6-8/h2-7H,1H3. The molecule has 90 valence electrons. The summed E-state index contributed by atoms with van der Waals surface area (Å²) >= 11 is 0. The van der Waals surface area contributed by atoms with E-state index in [4.69, 9.17) is 0 Å². The normalized spacial score (nSPS) is 14.8. The van der Waals surface area contributed by atoms with Crippen molar-refractivity contribution in [2.75, 3.05) is 0 Å². The molecule has 0 fully saturated rings. The molecule has 16 heavy (non-hydrogen) atoms. The highest BCUT2D eigenvalue weighted by molar-refractivity contribution is 7.86. The lowest BCUT2D eigenvalue weighted by Gasteiger charge is -2.15. The monoisotopic (exact) mass is 254 g/mol. The van der Waals surface area contributed by atoms with Gasteiger partial charge in [0.15, 0.2) is 6.10 Å². The Balaban J connectivity index is 2.90. The van der Waals surface area contributed by atoms with Crippen LogP contribution in [0.5, 0.6) is 0 Å². The van der Waals surface area contributed by atoms with Gasteiger partial charge in [-0.2, -0.15) is 21.6 Å². The van der Waals surface area contributed by atoms with Crippen LogP contribution < -0.4 is 0 Å². The number of hydrogen-bond donors (Lipinski definition) is 0. The van der Waals surface area contributed by atoms with Gasteiger partial charge >= 0.3 is 6.18 Å². The number of halogens is 3. The molecule has 1 aromatic carbocycles. The van der Waals surface area contributed by atoms with E-state index in [1.165, 1.54) is 24.3 Å². The van der Waals surface area contributed by atoms with Crippen LogP contribution in [0.15, 0.2) is 35.2 Å². The fraction of sp³-hybridized carbons (Fsp3) is 0.333. The Hall–Kier alpha value is -1.08. The van der Waals surface area contributed by atoms with Crippen molar-refractivity contribution in [1.82, 2.24) is 0 Å². The summed E-state index contributed by atoms with van der Waals surface area (Å²) in [5, 5.41) is 0. The van der Waals surface area contributed by atoms with E-state index in [0.29, 0.717) is 6.92 Å². The van der Waals surface area contributed by atoms with Gasteiger partial charge in [-0.15, -0.1) is 0 Å². The molecule has 0 radical (unpaired) electrons. The van der Waals surface area contributed by atoms with Crippen LogP contribution in [-0.2, 0) is 14.3 Å². The van der Waals surface area contributed by atoms with Gasteiger partial charge in [0, 0.05) is 0 Å². The number of benzene rings is 1. The third-order valence-electron chi connectivity index (χ3n) is 1.76. The lowest BCUT2D eigenvalue weighted by atomic mass is 10.4. The van der Waals surface area contributed by atoms with Gasteiger partial charge in [0.2, 0.25) is 0 Å². The van der Waals surface area contributed by atoms with Crippen LogP contribution in [0.3, 0.4) is 0 Å². The van der Waals surface area contributed by atoms with Crippen LogP contribution in [0.2, 0.25) is 0 Å². The molecule has 1 unspecified atom stereocenters. The van der Waals surface area contributed by atoms with Crippen LogP contribution in [0.1, 0.15) is 6.92 Å². The Labute approximate surface area is 91.0 Å². The first kappa shape index (κ1) is 13.0. The predicted molar refractivity (Wildman–Crippen MR) is 50.2 cm³/mol.